The number of aromatic nitrogens is 5. The molecule has 0 atom stereocenters. The fourth-order valence-corrected chi connectivity index (χ4v) is 2.81. The Morgan fingerprint density at radius 2 is 1.89 bits per heavy atom. The SMILES string of the molecule is COc1ccc(-c2noc(-c3cc(Cl)ccc3-n3cncn3)n2)cc1OC. The predicted molar refractivity (Wildman–Crippen MR) is 98.2 cm³/mol. The second kappa shape index (κ2) is 7.08. The summed E-state index contributed by atoms with van der Waals surface area (Å²) in [5, 5.41) is 8.77. The standard InChI is InChI=1S/C18H14ClN5O3/c1-25-15-6-3-11(7-16(15)26-2)17-22-18(27-23-17)13-8-12(19)4-5-14(13)24-10-20-9-21-24/h3-10H,1-2H3. The van der Waals surface area contributed by atoms with E-state index in [2.05, 4.69) is 20.2 Å². The van der Waals surface area contributed by atoms with Crippen LogP contribution in [-0.2, 0) is 0 Å². The van der Waals surface area contributed by atoms with Crippen molar-refractivity contribution in [2.24, 2.45) is 0 Å². The highest BCUT2D eigenvalue weighted by Crippen LogP contribution is 2.33. The van der Waals surface area contributed by atoms with Crippen LogP contribution in [0.4, 0.5) is 0 Å². The molecule has 0 amide bonds. The van der Waals surface area contributed by atoms with Gasteiger partial charge in [0.25, 0.3) is 5.89 Å². The monoisotopic (exact) mass is 383 g/mol. The van der Waals surface area contributed by atoms with E-state index in [0.717, 1.165) is 11.3 Å². The lowest BCUT2D eigenvalue weighted by atomic mass is 10.1. The molecule has 4 aromatic rings. The van der Waals surface area contributed by atoms with E-state index in [1.54, 1.807) is 49.5 Å². The first kappa shape index (κ1) is 17.0. The van der Waals surface area contributed by atoms with Crippen molar-refractivity contribution < 1.29 is 14.0 Å². The number of halogens is 1. The molecule has 136 valence electrons. The molecule has 0 fully saturated rings. The lowest BCUT2D eigenvalue weighted by Gasteiger charge is -2.07. The molecular formula is C18H14ClN5O3. The first-order valence-corrected chi connectivity index (χ1v) is 8.28. The zero-order valence-corrected chi connectivity index (χ0v) is 15.2. The number of hydrogen-bond donors (Lipinski definition) is 0. The molecule has 2 aromatic carbocycles. The molecule has 0 N–H and O–H groups in total. The van der Waals surface area contributed by atoms with Gasteiger partial charge in [0.2, 0.25) is 5.82 Å². The number of benzene rings is 2. The van der Waals surface area contributed by atoms with Crippen LogP contribution >= 0.6 is 11.6 Å². The third-order valence-corrected chi connectivity index (χ3v) is 4.16. The Morgan fingerprint density at radius 1 is 1.04 bits per heavy atom. The van der Waals surface area contributed by atoms with Crippen LogP contribution in [0.5, 0.6) is 11.5 Å². The third kappa shape index (κ3) is 3.22. The highest BCUT2D eigenvalue weighted by atomic mass is 35.5. The smallest absolute Gasteiger partial charge is 0.260 e. The Balaban J connectivity index is 1.77. The molecule has 2 heterocycles. The molecular weight excluding hydrogens is 370 g/mol. The Labute approximate surface area is 159 Å². The summed E-state index contributed by atoms with van der Waals surface area (Å²) >= 11 is 6.16. The number of methoxy groups -OCH3 is 2. The molecule has 0 radical (unpaired) electrons. The van der Waals surface area contributed by atoms with Crippen molar-refractivity contribution >= 4 is 11.6 Å². The molecule has 8 nitrogen and oxygen atoms in total. The van der Waals surface area contributed by atoms with Gasteiger partial charge in [0.1, 0.15) is 12.7 Å². The van der Waals surface area contributed by atoms with E-state index >= 15 is 0 Å². The normalized spacial score (nSPS) is 10.8. The minimum atomic E-state index is 0.313. The van der Waals surface area contributed by atoms with Crippen molar-refractivity contribution in [2.45, 2.75) is 0 Å². The molecule has 2 aromatic heterocycles. The van der Waals surface area contributed by atoms with Crippen molar-refractivity contribution in [2.75, 3.05) is 14.2 Å². The summed E-state index contributed by atoms with van der Waals surface area (Å²) in [5.41, 5.74) is 2.10. The van der Waals surface area contributed by atoms with E-state index in [9.17, 15) is 0 Å². The molecule has 27 heavy (non-hydrogen) atoms. The maximum absolute atomic E-state index is 6.16. The van der Waals surface area contributed by atoms with Crippen molar-refractivity contribution in [3.63, 3.8) is 0 Å². The average Bonchev–Trinajstić information content (AvgIpc) is 3.39. The van der Waals surface area contributed by atoms with Gasteiger partial charge in [-0.05, 0) is 36.4 Å². The van der Waals surface area contributed by atoms with Crippen molar-refractivity contribution in [1.29, 1.82) is 0 Å². The fourth-order valence-electron chi connectivity index (χ4n) is 2.64. The number of ether oxygens (including phenoxy) is 2. The van der Waals surface area contributed by atoms with Gasteiger partial charge in [0.05, 0.1) is 25.5 Å². The van der Waals surface area contributed by atoms with Gasteiger partial charge in [-0.1, -0.05) is 16.8 Å². The lowest BCUT2D eigenvalue weighted by molar-refractivity contribution is 0.355. The Hall–Kier alpha value is -3.39. The predicted octanol–water partition coefficient (Wildman–Crippen LogP) is 3.65. The first-order chi connectivity index (χ1) is 13.2. The lowest BCUT2D eigenvalue weighted by Crippen LogP contribution is -1.97. The summed E-state index contributed by atoms with van der Waals surface area (Å²) in [4.78, 5) is 8.47. The van der Waals surface area contributed by atoms with Crippen molar-refractivity contribution in [3.05, 3.63) is 54.1 Å². The molecule has 0 bridgehead atoms. The molecule has 0 aliphatic heterocycles. The topological polar surface area (TPSA) is 88.1 Å². The van der Waals surface area contributed by atoms with Gasteiger partial charge in [-0.15, -0.1) is 0 Å². The van der Waals surface area contributed by atoms with Crippen LogP contribution in [0.3, 0.4) is 0 Å². The molecule has 0 aliphatic carbocycles. The quantitative estimate of drug-likeness (QED) is 0.519. The van der Waals surface area contributed by atoms with Gasteiger partial charge in [-0.3, -0.25) is 0 Å². The van der Waals surface area contributed by atoms with Gasteiger partial charge >= 0.3 is 0 Å². The van der Waals surface area contributed by atoms with E-state index in [1.165, 1.54) is 6.33 Å². The van der Waals surface area contributed by atoms with Gasteiger partial charge in [-0.2, -0.15) is 10.1 Å². The van der Waals surface area contributed by atoms with E-state index in [1.807, 2.05) is 12.1 Å². The minimum absolute atomic E-state index is 0.313. The summed E-state index contributed by atoms with van der Waals surface area (Å²) in [6, 6.07) is 10.7. The highest BCUT2D eigenvalue weighted by Gasteiger charge is 2.17. The van der Waals surface area contributed by atoms with Crippen LogP contribution in [0.25, 0.3) is 28.5 Å². The Bertz CT molecular complexity index is 1080. The number of hydrogen-bond acceptors (Lipinski definition) is 7. The average molecular weight is 384 g/mol. The molecule has 4 rings (SSSR count). The fraction of sp³-hybridized carbons (Fsp3) is 0.111. The summed E-state index contributed by atoms with van der Waals surface area (Å²) in [5.74, 6) is 1.92. The van der Waals surface area contributed by atoms with Gasteiger partial charge < -0.3 is 14.0 Å². The van der Waals surface area contributed by atoms with Gasteiger partial charge in [0.15, 0.2) is 11.5 Å². The molecule has 0 unspecified atom stereocenters. The second-order valence-corrected chi connectivity index (χ2v) is 5.93. The minimum Gasteiger partial charge on any atom is -0.493 e. The van der Waals surface area contributed by atoms with Gasteiger partial charge in [-0.25, -0.2) is 9.67 Å². The number of nitrogens with zero attached hydrogens (tertiary/aromatic N) is 5. The summed E-state index contributed by atoms with van der Waals surface area (Å²) < 4.78 is 17.7. The zero-order chi connectivity index (χ0) is 18.8. The van der Waals surface area contributed by atoms with E-state index in [0.29, 0.717) is 33.8 Å². The van der Waals surface area contributed by atoms with Crippen molar-refractivity contribution in [1.82, 2.24) is 24.9 Å². The summed E-state index contributed by atoms with van der Waals surface area (Å²) in [6.07, 6.45) is 3.03. The van der Waals surface area contributed by atoms with E-state index in [-0.39, 0.29) is 0 Å². The molecule has 0 spiro atoms. The van der Waals surface area contributed by atoms with Crippen LogP contribution in [-0.4, -0.2) is 39.1 Å². The third-order valence-electron chi connectivity index (χ3n) is 3.92. The molecule has 0 saturated heterocycles. The van der Waals surface area contributed by atoms with Gasteiger partial charge in [0, 0.05) is 10.6 Å². The Kier molecular flexibility index (Phi) is 4.47. The largest absolute Gasteiger partial charge is 0.493 e. The highest BCUT2D eigenvalue weighted by molar-refractivity contribution is 6.31. The van der Waals surface area contributed by atoms with Crippen LogP contribution in [0, 0.1) is 0 Å². The van der Waals surface area contributed by atoms with Crippen LogP contribution < -0.4 is 9.47 Å². The van der Waals surface area contributed by atoms with Crippen molar-refractivity contribution in [3.8, 4) is 40.0 Å². The van der Waals surface area contributed by atoms with E-state index in [4.69, 9.17) is 25.6 Å². The molecule has 9 heteroatoms. The van der Waals surface area contributed by atoms with Crippen LogP contribution in [0.1, 0.15) is 0 Å². The van der Waals surface area contributed by atoms with Crippen LogP contribution in [0.15, 0.2) is 53.6 Å². The van der Waals surface area contributed by atoms with E-state index < -0.39 is 0 Å². The first-order valence-electron chi connectivity index (χ1n) is 7.90. The Morgan fingerprint density at radius 3 is 2.63 bits per heavy atom. The number of rotatable bonds is 5. The maximum Gasteiger partial charge on any atom is 0.260 e. The molecule has 0 saturated carbocycles. The molecule has 0 aliphatic rings. The summed E-state index contributed by atoms with van der Waals surface area (Å²) in [7, 11) is 3.15. The second-order valence-electron chi connectivity index (χ2n) is 5.49. The zero-order valence-electron chi connectivity index (χ0n) is 14.5. The maximum atomic E-state index is 6.16. The van der Waals surface area contributed by atoms with Crippen LogP contribution in [0.2, 0.25) is 5.02 Å². The summed E-state index contributed by atoms with van der Waals surface area (Å²) in [6.45, 7) is 0.